The molecule has 6 rings (SSSR count). The summed E-state index contributed by atoms with van der Waals surface area (Å²) in [7, 11) is 0. The van der Waals surface area contributed by atoms with Crippen molar-refractivity contribution in [1.29, 1.82) is 0 Å². The average molecular weight is 535 g/mol. The number of rotatable bonds is 6. The highest BCUT2D eigenvalue weighted by Gasteiger charge is 2.30. The predicted molar refractivity (Wildman–Crippen MR) is 142 cm³/mol. The molecular weight excluding hydrogens is 512 g/mol. The monoisotopic (exact) mass is 534 g/mol. The highest BCUT2D eigenvalue weighted by Crippen LogP contribution is 2.35. The van der Waals surface area contributed by atoms with Gasteiger partial charge in [-0.1, -0.05) is 38.1 Å². The van der Waals surface area contributed by atoms with E-state index in [0.717, 1.165) is 11.1 Å². The maximum Gasteiger partial charge on any atom is 0.347 e. The van der Waals surface area contributed by atoms with E-state index < -0.39 is 23.9 Å². The summed E-state index contributed by atoms with van der Waals surface area (Å²) < 4.78 is 21.2. The average Bonchev–Trinajstić information content (AvgIpc) is 3.21. The maximum atomic E-state index is 11.9. The summed E-state index contributed by atoms with van der Waals surface area (Å²) in [5.41, 5.74) is 3.17. The summed E-state index contributed by atoms with van der Waals surface area (Å²) in [6.45, 7) is 4.23. The summed E-state index contributed by atoms with van der Waals surface area (Å²) in [5.74, 6) is -0.389. The summed E-state index contributed by atoms with van der Waals surface area (Å²) in [4.78, 5) is 46.9. The Labute approximate surface area is 229 Å². The molecule has 4 aromatic carbocycles. The van der Waals surface area contributed by atoms with Crippen LogP contribution in [0.3, 0.4) is 0 Å². The van der Waals surface area contributed by atoms with Crippen LogP contribution in [0, 0.1) is 0 Å². The third-order valence-electron chi connectivity index (χ3n) is 7.08. The number of hydrogen-bond acceptors (Lipinski definition) is 8. The van der Waals surface area contributed by atoms with Crippen LogP contribution in [0.25, 0.3) is 0 Å². The fourth-order valence-electron chi connectivity index (χ4n) is 4.77. The van der Waals surface area contributed by atoms with Crippen LogP contribution in [-0.2, 0) is 26.1 Å². The van der Waals surface area contributed by atoms with Gasteiger partial charge in [-0.25, -0.2) is 14.4 Å². The minimum Gasteiger partial charge on any atom is -0.457 e. The Hall–Kier alpha value is -5.24. The third-order valence-corrected chi connectivity index (χ3v) is 7.08. The van der Waals surface area contributed by atoms with Gasteiger partial charge in [-0.3, -0.25) is 4.79 Å². The molecule has 0 N–H and O–H groups in total. The van der Waals surface area contributed by atoms with Crippen LogP contribution in [0.15, 0.2) is 84.9 Å². The van der Waals surface area contributed by atoms with Crippen molar-refractivity contribution in [2.45, 2.75) is 25.7 Å². The molecule has 0 amide bonds. The zero-order chi connectivity index (χ0) is 28.0. The highest BCUT2D eigenvalue weighted by molar-refractivity contribution is 6.14. The first-order valence-corrected chi connectivity index (χ1v) is 12.5. The lowest BCUT2D eigenvalue weighted by Gasteiger charge is -2.26. The molecule has 0 bridgehead atoms. The summed E-state index contributed by atoms with van der Waals surface area (Å²) in [5, 5.41) is 0. The van der Waals surface area contributed by atoms with Crippen LogP contribution in [0.1, 0.15) is 61.6 Å². The first-order chi connectivity index (χ1) is 19.2. The van der Waals surface area contributed by atoms with Crippen molar-refractivity contribution in [2.75, 3.05) is 0 Å². The van der Waals surface area contributed by atoms with Crippen LogP contribution in [0.4, 0.5) is 0 Å². The molecule has 0 fully saturated rings. The lowest BCUT2D eigenvalue weighted by Crippen LogP contribution is -2.22. The van der Waals surface area contributed by atoms with E-state index in [4.69, 9.17) is 9.47 Å². The molecule has 0 saturated heterocycles. The van der Waals surface area contributed by atoms with E-state index >= 15 is 0 Å². The Bertz CT molecular complexity index is 1700. The number of cyclic esters (lactones) is 4. The van der Waals surface area contributed by atoms with Gasteiger partial charge in [-0.2, -0.15) is 0 Å². The van der Waals surface area contributed by atoms with Crippen LogP contribution < -0.4 is 9.47 Å². The normalized spacial score (nSPS) is 14.2. The van der Waals surface area contributed by atoms with E-state index in [1.54, 1.807) is 24.3 Å². The van der Waals surface area contributed by atoms with Gasteiger partial charge in [0.1, 0.15) is 23.0 Å². The van der Waals surface area contributed by atoms with Crippen LogP contribution in [0.5, 0.6) is 23.0 Å². The molecule has 0 aromatic heterocycles. The van der Waals surface area contributed by atoms with Gasteiger partial charge in [-0.05, 0) is 77.4 Å². The molecule has 0 saturated carbocycles. The molecule has 8 nitrogen and oxygen atoms in total. The van der Waals surface area contributed by atoms with Crippen molar-refractivity contribution in [1.82, 2.24) is 0 Å². The number of ether oxygens (including phenoxy) is 4. The third kappa shape index (κ3) is 4.60. The van der Waals surface area contributed by atoms with Crippen molar-refractivity contribution >= 4 is 23.9 Å². The minimum absolute atomic E-state index is 0.0260. The fraction of sp³-hybridized carbons (Fsp3) is 0.125. The van der Waals surface area contributed by atoms with Crippen LogP contribution in [-0.4, -0.2) is 23.9 Å². The largest absolute Gasteiger partial charge is 0.457 e. The van der Waals surface area contributed by atoms with Gasteiger partial charge in [-0.15, -0.1) is 0 Å². The molecule has 2 aliphatic heterocycles. The molecule has 0 unspecified atom stereocenters. The molecule has 4 aromatic rings. The molecule has 0 aliphatic carbocycles. The number of carbonyl (C=O) groups excluding carboxylic acids is 4. The quantitative estimate of drug-likeness (QED) is 0.214. The smallest absolute Gasteiger partial charge is 0.347 e. The van der Waals surface area contributed by atoms with E-state index in [-0.39, 0.29) is 23.0 Å². The van der Waals surface area contributed by atoms with Gasteiger partial charge in [0.2, 0.25) is 0 Å². The number of benzene rings is 4. The van der Waals surface area contributed by atoms with Crippen molar-refractivity contribution in [3.05, 3.63) is 118 Å². The zero-order valence-electron chi connectivity index (χ0n) is 21.6. The van der Waals surface area contributed by atoms with Gasteiger partial charge < -0.3 is 18.9 Å². The Morgan fingerprint density at radius 3 is 1.62 bits per heavy atom. The van der Waals surface area contributed by atoms with Crippen molar-refractivity contribution in [3.63, 3.8) is 0 Å². The standard InChI is InChI=1S/C32H22O8/c1-32(2,20-5-9-22(10-6-20)38-24-12-14-26-27(17-24)31(36)40-30(26)35)19-3-7-21(8-4-19)37-23-11-13-25-18(15-23)16-28(33)39-29(25)34/h3-15,17H,16H2,1-2H3. The van der Waals surface area contributed by atoms with Gasteiger partial charge in [0, 0.05) is 5.41 Å². The first kappa shape index (κ1) is 25.1. The molecule has 0 spiro atoms. The van der Waals surface area contributed by atoms with E-state index in [1.807, 2.05) is 48.5 Å². The van der Waals surface area contributed by atoms with Crippen LogP contribution >= 0.6 is 0 Å². The molecule has 40 heavy (non-hydrogen) atoms. The fourth-order valence-corrected chi connectivity index (χ4v) is 4.77. The van der Waals surface area contributed by atoms with E-state index in [9.17, 15) is 19.2 Å². The van der Waals surface area contributed by atoms with Gasteiger partial charge >= 0.3 is 23.9 Å². The van der Waals surface area contributed by atoms with Crippen molar-refractivity contribution < 1.29 is 38.1 Å². The minimum atomic E-state index is -0.676. The summed E-state index contributed by atoms with van der Waals surface area (Å²) in [6, 6.07) is 25.0. The Morgan fingerprint density at radius 1 is 0.550 bits per heavy atom. The Kier molecular flexibility index (Phi) is 5.95. The number of esters is 4. The molecule has 198 valence electrons. The SMILES string of the molecule is CC(C)(c1ccc(Oc2ccc3c(c2)CC(=O)OC3=O)cc1)c1ccc(Oc2ccc3c(c2)C(=O)OC3=O)cc1. The van der Waals surface area contributed by atoms with E-state index in [2.05, 4.69) is 23.3 Å². The molecule has 2 aliphatic rings. The summed E-state index contributed by atoms with van der Waals surface area (Å²) in [6.07, 6.45) is 0.0260. The van der Waals surface area contributed by atoms with Crippen LogP contribution in [0.2, 0.25) is 0 Å². The lowest BCUT2D eigenvalue weighted by molar-refractivity contribution is -0.137. The van der Waals surface area contributed by atoms with E-state index in [1.165, 1.54) is 12.1 Å². The second kappa shape index (κ2) is 9.50. The molecule has 2 heterocycles. The Morgan fingerprint density at radius 2 is 1.02 bits per heavy atom. The zero-order valence-corrected chi connectivity index (χ0v) is 21.6. The summed E-state index contributed by atoms with van der Waals surface area (Å²) >= 11 is 0. The molecule has 0 radical (unpaired) electrons. The van der Waals surface area contributed by atoms with Gasteiger partial charge in [0.05, 0.1) is 23.1 Å². The van der Waals surface area contributed by atoms with E-state index in [0.29, 0.717) is 34.1 Å². The predicted octanol–water partition coefficient (Wildman–Crippen LogP) is 6.15. The first-order valence-electron chi connectivity index (χ1n) is 12.5. The lowest BCUT2D eigenvalue weighted by atomic mass is 9.78. The highest BCUT2D eigenvalue weighted by atomic mass is 16.6. The number of carbonyl (C=O) groups is 4. The van der Waals surface area contributed by atoms with Gasteiger partial charge in [0.15, 0.2) is 0 Å². The molecule has 0 atom stereocenters. The van der Waals surface area contributed by atoms with Crippen molar-refractivity contribution in [3.8, 4) is 23.0 Å². The second-order valence-corrected chi connectivity index (χ2v) is 10.0. The Balaban J connectivity index is 1.15. The van der Waals surface area contributed by atoms with Gasteiger partial charge in [0.25, 0.3) is 0 Å². The maximum absolute atomic E-state index is 11.9. The number of fused-ring (bicyclic) bond motifs is 2. The number of hydrogen-bond donors (Lipinski definition) is 0. The second-order valence-electron chi connectivity index (χ2n) is 10.0. The van der Waals surface area contributed by atoms with Crippen molar-refractivity contribution in [2.24, 2.45) is 0 Å². The molecule has 8 heteroatoms. The topological polar surface area (TPSA) is 105 Å². The molecular formula is C32H22O8.